The Morgan fingerprint density at radius 2 is 2.18 bits per heavy atom. The largest absolute Gasteiger partial charge is 0.384 e. The summed E-state index contributed by atoms with van der Waals surface area (Å²) in [5, 5.41) is 0. The highest BCUT2D eigenvalue weighted by Gasteiger charge is 2.39. The highest BCUT2D eigenvalue weighted by molar-refractivity contribution is 5.38. The molecule has 0 saturated carbocycles. The lowest BCUT2D eigenvalue weighted by molar-refractivity contribution is 0.106. The molecule has 1 aromatic rings. The summed E-state index contributed by atoms with van der Waals surface area (Å²) < 4.78 is 5.34. The van der Waals surface area contributed by atoms with Crippen LogP contribution in [0.5, 0.6) is 0 Å². The Hall–Kier alpha value is -0.860. The summed E-state index contributed by atoms with van der Waals surface area (Å²) in [6.07, 6.45) is 3.62. The molecule has 2 unspecified atom stereocenters. The van der Waals surface area contributed by atoms with E-state index in [4.69, 9.17) is 10.5 Å². The van der Waals surface area contributed by atoms with E-state index in [2.05, 4.69) is 31.2 Å². The van der Waals surface area contributed by atoms with Gasteiger partial charge in [0.05, 0.1) is 0 Å². The van der Waals surface area contributed by atoms with Gasteiger partial charge in [-0.15, -0.1) is 0 Å². The molecule has 0 spiro atoms. The minimum atomic E-state index is 0.116. The second kappa shape index (κ2) is 5.19. The van der Waals surface area contributed by atoms with E-state index in [1.807, 2.05) is 0 Å². The minimum Gasteiger partial charge on any atom is -0.384 e. The number of methoxy groups -OCH3 is 1. The average Bonchev–Trinajstić information content (AvgIpc) is 2.38. The van der Waals surface area contributed by atoms with Gasteiger partial charge in [-0.25, -0.2) is 0 Å². The fraction of sp³-hybridized carbons (Fsp3) is 0.600. The maximum atomic E-state index is 6.13. The molecule has 17 heavy (non-hydrogen) atoms. The first kappa shape index (κ1) is 12.6. The third-order valence-electron chi connectivity index (χ3n) is 4.35. The van der Waals surface area contributed by atoms with Gasteiger partial charge in [0.1, 0.15) is 0 Å². The number of fused-ring (bicyclic) bond motifs is 1. The predicted molar refractivity (Wildman–Crippen MR) is 71.2 cm³/mol. The van der Waals surface area contributed by atoms with Gasteiger partial charge < -0.3 is 10.5 Å². The van der Waals surface area contributed by atoms with Crippen molar-refractivity contribution < 1.29 is 4.74 Å². The molecule has 2 rings (SSSR count). The Balaban J connectivity index is 2.41. The van der Waals surface area contributed by atoms with Crippen molar-refractivity contribution in [3.05, 3.63) is 35.4 Å². The van der Waals surface area contributed by atoms with Crippen LogP contribution >= 0.6 is 0 Å². The zero-order valence-corrected chi connectivity index (χ0v) is 10.9. The molecule has 0 aliphatic heterocycles. The Kier molecular flexibility index (Phi) is 3.85. The lowest BCUT2D eigenvalue weighted by atomic mass is 9.63. The summed E-state index contributed by atoms with van der Waals surface area (Å²) in [5.41, 5.74) is 9.18. The van der Waals surface area contributed by atoms with E-state index in [0.29, 0.717) is 12.5 Å². The summed E-state index contributed by atoms with van der Waals surface area (Å²) in [7, 11) is 1.77. The highest BCUT2D eigenvalue weighted by Crippen LogP contribution is 2.42. The Morgan fingerprint density at radius 1 is 1.41 bits per heavy atom. The third-order valence-corrected chi connectivity index (χ3v) is 4.35. The standard InChI is InChI=1S/C15H23NO/c1-12(10-17-2)15(11-16)9-5-7-13-6-3-4-8-14(13)15/h3-4,6,8,12H,5,7,9-11,16H2,1-2H3. The molecule has 0 radical (unpaired) electrons. The summed E-state index contributed by atoms with van der Waals surface area (Å²) in [4.78, 5) is 0. The van der Waals surface area contributed by atoms with Crippen molar-refractivity contribution in [2.24, 2.45) is 11.7 Å². The maximum Gasteiger partial charge on any atom is 0.0496 e. The zero-order valence-electron chi connectivity index (χ0n) is 10.9. The number of rotatable bonds is 4. The summed E-state index contributed by atoms with van der Waals surface area (Å²) in [6.45, 7) is 3.76. The molecule has 1 aliphatic rings. The van der Waals surface area contributed by atoms with Crippen LogP contribution in [0.4, 0.5) is 0 Å². The van der Waals surface area contributed by atoms with Gasteiger partial charge in [0.25, 0.3) is 0 Å². The number of hydrogen-bond donors (Lipinski definition) is 1. The van der Waals surface area contributed by atoms with Crippen molar-refractivity contribution in [1.29, 1.82) is 0 Å². The average molecular weight is 233 g/mol. The number of nitrogens with two attached hydrogens (primary N) is 1. The molecule has 1 aromatic carbocycles. The van der Waals surface area contributed by atoms with Gasteiger partial charge in [0.2, 0.25) is 0 Å². The van der Waals surface area contributed by atoms with Gasteiger partial charge in [-0.1, -0.05) is 31.2 Å². The van der Waals surface area contributed by atoms with Crippen LogP contribution < -0.4 is 5.73 Å². The minimum absolute atomic E-state index is 0.116. The lowest BCUT2D eigenvalue weighted by Gasteiger charge is -2.43. The zero-order chi connectivity index (χ0) is 12.3. The number of hydrogen-bond acceptors (Lipinski definition) is 2. The van der Waals surface area contributed by atoms with Crippen molar-refractivity contribution in [2.75, 3.05) is 20.3 Å². The number of ether oxygens (including phenoxy) is 1. The molecular weight excluding hydrogens is 210 g/mol. The van der Waals surface area contributed by atoms with Crippen molar-refractivity contribution in [3.63, 3.8) is 0 Å². The molecule has 2 N–H and O–H groups in total. The van der Waals surface area contributed by atoms with Crippen LogP contribution in [0, 0.1) is 5.92 Å². The molecule has 94 valence electrons. The molecule has 2 atom stereocenters. The second-order valence-corrected chi connectivity index (χ2v) is 5.23. The maximum absolute atomic E-state index is 6.13. The van der Waals surface area contributed by atoms with Crippen molar-refractivity contribution >= 4 is 0 Å². The van der Waals surface area contributed by atoms with E-state index in [-0.39, 0.29) is 5.41 Å². The quantitative estimate of drug-likeness (QED) is 0.867. The SMILES string of the molecule is COCC(C)C1(CN)CCCc2ccccc21. The molecule has 0 amide bonds. The van der Waals surface area contributed by atoms with Crippen LogP contribution in [-0.2, 0) is 16.6 Å². The van der Waals surface area contributed by atoms with Crippen LogP contribution in [0.2, 0.25) is 0 Å². The van der Waals surface area contributed by atoms with Gasteiger partial charge in [0, 0.05) is 25.7 Å². The fourth-order valence-corrected chi connectivity index (χ4v) is 3.29. The van der Waals surface area contributed by atoms with E-state index in [1.54, 1.807) is 7.11 Å². The molecule has 0 saturated heterocycles. The molecular formula is C15H23NO. The highest BCUT2D eigenvalue weighted by atomic mass is 16.5. The molecule has 2 heteroatoms. The number of aryl methyl sites for hydroxylation is 1. The summed E-state index contributed by atoms with van der Waals surface area (Å²) >= 11 is 0. The van der Waals surface area contributed by atoms with Gasteiger partial charge in [-0.3, -0.25) is 0 Å². The predicted octanol–water partition coefficient (Wildman–Crippen LogP) is 2.50. The van der Waals surface area contributed by atoms with E-state index < -0.39 is 0 Å². The van der Waals surface area contributed by atoms with Gasteiger partial charge in [-0.2, -0.15) is 0 Å². The van der Waals surface area contributed by atoms with Gasteiger partial charge in [-0.05, 0) is 36.3 Å². The van der Waals surface area contributed by atoms with Gasteiger partial charge in [0.15, 0.2) is 0 Å². The fourth-order valence-electron chi connectivity index (χ4n) is 3.29. The first-order chi connectivity index (χ1) is 8.24. The number of benzene rings is 1. The molecule has 0 heterocycles. The third kappa shape index (κ3) is 2.12. The van der Waals surface area contributed by atoms with Crippen LogP contribution in [0.25, 0.3) is 0 Å². The first-order valence-electron chi connectivity index (χ1n) is 6.52. The summed E-state index contributed by atoms with van der Waals surface area (Å²) in [6, 6.07) is 8.77. The van der Waals surface area contributed by atoms with E-state index in [0.717, 1.165) is 6.61 Å². The van der Waals surface area contributed by atoms with E-state index >= 15 is 0 Å². The van der Waals surface area contributed by atoms with E-state index in [9.17, 15) is 0 Å². The van der Waals surface area contributed by atoms with Crippen molar-refractivity contribution in [3.8, 4) is 0 Å². The molecule has 0 aromatic heterocycles. The first-order valence-corrected chi connectivity index (χ1v) is 6.52. The van der Waals surface area contributed by atoms with Gasteiger partial charge >= 0.3 is 0 Å². The smallest absolute Gasteiger partial charge is 0.0496 e. The van der Waals surface area contributed by atoms with Crippen LogP contribution in [0.1, 0.15) is 30.9 Å². The van der Waals surface area contributed by atoms with E-state index in [1.165, 1.54) is 30.4 Å². The molecule has 0 fully saturated rings. The lowest BCUT2D eigenvalue weighted by Crippen LogP contribution is -2.45. The Bertz CT molecular complexity index is 377. The molecule has 1 aliphatic carbocycles. The van der Waals surface area contributed by atoms with Crippen LogP contribution in [-0.4, -0.2) is 20.3 Å². The topological polar surface area (TPSA) is 35.2 Å². The Labute approximate surface area is 104 Å². The van der Waals surface area contributed by atoms with Crippen LogP contribution in [0.3, 0.4) is 0 Å². The van der Waals surface area contributed by atoms with Crippen molar-refractivity contribution in [1.82, 2.24) is 0 Å². The van der Waals surface area contributed by atoms with Crippen LogP contribution in [0.15, 0.2) is 24.3 Å². The normalized spacial score (nSPS) is 25.4. The summed E-state index contributed by atoms with van der Waals surface area (Å²) in [5.74, 6) is 0.471. The Morgan fingerprint density at radius 3 is 2.88 bits per heavy atom. The van der Waals surface area contributed by atoms with Crippen molar-refractivity contribution in [2.45, 2.75) is 31.6 Å². The second-order valence-electron chi connectivity index (χ2n) is 5.23. The monoisotopic (exact) mass is 233 g/mol. The molecule has 2 nitrogen and oxygen atoms in total. The molecule has 0 bridgehead atoms.